The van der Waals surface area contributed by atoms with E-state index in [9.17, 15) is 0 Å². The number of thioether (sulfide) groups is 1. The number of aliphatic imine (C=N–C) groups is 1. The van der Waals surface area contributed by atoms with Crippen molar-refractivity contribution in [3.63, 3.8) is 0 Å². The van der Waals surface area contributed by atoms with Crippen molar-refractivity contribution in [2.45, 2.75) is 19.6 Å². The first-order chi connectivity index (χ1) is 11.1. The Morgan fingerprint density at radius 2 is 1.74 bits per heavy atom. The van der Waals surface area contributed by atoms with Crippen LogP contribution in [0.1, 0.15) is 16.7 Å². The molecule has 0 saturated carbocycles. The van der Waals surface area contributed by atoms with Gasteiger partial charge in [0, 0.05) is 5.75 Å². The Morgan fingerprint density at radius 1 is 0.957 bits per heavy atom. The van der Waals surface area contributed by atoms with Crippen LogP contribution in [0.3, 0.4) is 0 Å². The molecule has 0 radical (unpaired) electrons. The molecule has 3 aromatic rings. The summed E-state index contributed by atoms with van der Waals surface area (Å²) in [6.45, 7) is 4.19. The number of hydrogen-bond donors (Lipinski definition) is 1. The first-order valence-electron chi connectivity index (χ1n) is 7.64. The minimum absolute atomic E-state index is 0.598. The van der Waals surface area contributed by atoms with Crippen molar-refractivity contribution in [3.05, 3.63) is 77.4 Å². The Morgan fingerprint density at radius 3 is 2.57 bits per heavy atom. The van der Waals surface area contributed by atoms with Crippen molar-refractivity contribution in [1.29, 1.82) is 0 Å². The van der Waals surface area contributed by atoms with Crippen LogP contribution in [0.25, 0.3) is 10.8 Å². The van der Waals surface area contributed by atoms with E-state index in [-0.39, 0.29) is 0 Å². The maximum atomic E-state index is 6.10. The summed E-state index contributed by atoms with van der Waals surface area (Å²) in [6.07, 6.45) is 0. The molecule has 3 heteroatoms. The minimum atomic E-state index is 0.598. The van der Waals surface area contributed by atoms with Crippen molar-refractivity contribution >= 4 is 33.4 Å². The number of hydrogen-bond acceptors (Lipinski definition) is 2. The van der Waals surface area contributed by atoms with Gasteiger partial charge in [0.2, 0.25) is 0 Å². The van der Waals surface area contributed by atoms with Crippen LogP contribution in [0.2, 0.25) is 0 Å². The highest BCUT2D eigenvalue weighted by Gasteiger charge is 2.03. The third-order valence-corrected chi connectivity index (χ3v) is 4.83. The van der Waals surface area contributed by atoms with Crippen LogP contribution in [0.15, 0.2) is 65.7 Å². The van der Waals surface area contributed by atoms with Crippen molar-refractivity contribution in [3.8, 4) is 0 Å². The predicted octanol–water partition coefficient (Wildman–Crippen LogP) is 5.34. The van der Waals surface area contributed by atoms with Gasteiger partial charge < -0.3 is 5.73 Å². The zero-order valence-electron chi connectivity index (χ0n) is 13.4. The highest BCUT2D eigenvalue weighted by atomic mass is 32.2. The average molecular weight is 320 g/mol. The van der Waals surface area contributed by atoms with Gasteiger partial charge in [0.1, 0.15) is 0 Å². The molecule has 0 aliphatic carbocycles. The van der Waals surface area contributed by atoms with E-state index in [2.05, 4.69) is 73.4 Å². The summed E-state index contributed by atoms with van der Waals surface area (Å²) in [5.41, 5.74) is 10.8. The van der Waals surface area contributed by atoms with Gasteiger partial charge in [-0.1, -0.05) is 60.3 Å². The Bertz CT molecular complexity index is 863. The smallest absolute Gasteiger partial charge is 0.159 e. The number of amidine groups is 1. The van der Waals surface area contributed by atoms with E-state index in [0.29, 0.717) is 5.17 Å². The normalized spacial score (nSPS) is 11.8. The second-order valence-electron chi connectivity index (χ2n) is 5.65. The van der Waals surface area contributed by atoms with Crippen LogP contribution >= 0.6 is 11.8 Å². The number of nitrogens with zero attached hydrogens (tertiary/aromatic N) is 1. The fourth-order valence-electron chi connectivity index (χ4n) is 2.52. The Hall–Kier alpha value is -2.26. The quantitative estimate of drug-likeness (QED) is 0.523. The second kappa shape index (κ2) is 6.88. The molecule has 116 valence electrons. The van der Waals surface area contributed by atoms with Crippen molar-refractivity contribution in [1.82, 2.24) is 0 Å². The predicted molar refractivity (Wildman–Crippen MR) is 102 cm³/mol. The molecule has 0 saturated heterocycles. The van der Waals surface area contributed by atoms with Gasteiger partial charge in [-0.05, 0) is 53.4 Å². The molecule has 0 amide bonds. The number of nitrogens with two attached hydrogens (primary N) is 1. The lowest BCUT2D eigenvalue weighted by molar-refractivity contribution is 1.32. The molecule has 0 aliphatic rings. The van der Waals surface area contributed by atoms with Crippen LogP contribution in [-0.4, -0.2) is 5.17 Å². The highest BCUT2D eigenvalue weighted by Crippen LogP contribution is 2.24. The fourth-order valence-corrected chi connectivity index (χ4v) is 3.25. The maximum absolute atomic E-state index is 6.10. The van der Waals surface area contributed by atoms with Gasteiger partial charge in [-0.3, -0.25) is 0 Å². The monoisotopic (exact) mass is 320 g/mol. The summed E-state index contributed by atoms with van der Waals surface area (Å²) < 4.78 is 0. The minimum Gasteiger partial charge on any atom is -0.378 e. The van der Waals surface area contributed by atoms with Crippen LogP contribution in [0.5, 0.6) is 0 Å². The van der Waals surface area contributed by atoms with Crippen molar-refractivity contribution in [2.75, 3.05) is 0 Å². The van der Waals surface area contributed by atoms with Gasteiger partial charge in [0.05, 0.1) is 5.69 Å². The standard InChI is InChI=1S/C20H20N2S/c1-14-10-11-18(12-15(14)2)22-20(21)23-13-17-8-5-7-16-6-3-4-9-19(16)17/h3-12H,13H2,1-2H3,(H2,21,22). The molecule has 0 bridgehead atoms. The van der Waals surface area contributed by atoms with Crippen molar-refractivity contribution < 1.29 is 0 Å². The molecule has 0 atom stereocenters. The molecule has 3 aromatic carbocycles. The summed E-state index contributed by atoms with van der Waals surface area (Å²) in [6, 6.07) is 21.0. The molecule has 0 aromatic heterocycles. The highest BCUT2D eigenvalue weighted by molar-refractivity contribution is 8.13. The zero-order valence-corrected chi connectivity index (χ0v) is 14.2. The molecule has 0 aliphatic heterocycles. The largest absolute Gasteiger partial charge is 0.378 e. The lowest BCUT2D eigenvalue weighted by Crippen LogP contribution is -2.06. The van der Waals surface area contributed by atoms with E-state index < -0.39 is 0 Å². The molecule has 0 unspecified atom stereocenters. The van der Waals surface area contributed by atoms with Crippen LogP contribution in [-0.2, 0) is 5.75 Å². The Balaban J connectivity index is 1.76. The molecular weight excluding hydrogens is 300 g/mol. The van der Waals surface area contributed by atoms with Gasteiger partial charge in [-0.25, -0.2) is 4.99 Å². The molecule has 3 rings (SSSR count). The number of benzene rings is 3. The van der Waals surface area contributed by atoms with Gasteiger partial charge in [0.25, 0.3) is 0 Å². The van der Waals surface area contributed by atoms with E-state index in [4.69, 9.17) is 5.73 Å². The number of fused-ring (bicyclic) bond motifs is 1. The third-order valence-electron chi connectivity index (χ3n) is 3.99. The number of rotatable bonds is 3. The first-order valence-corrected chi connectivity index (χ1v) is 8.63. The van der Waals surface area contributed by atoms with Gasteiger partial charge >= 0.3 is 0 Å². The molecule has 0 spiro atoms. The van der Waals surface area contributed by atoms with Crippen molar-refractivity contribution in [2.24, 2.45) is 10.7 Å². The summed E-state index contributed by atoms with van der Waals surface area (Å²) >= 11 is 1.58. The molecule has 0 heterocycles. The molecule has 23 heavy (non-hydrogen) atoms. The van der Waals surface area contributed by atoms with Crippen LogP contribution in [0.4, 0.5) is 5.69 Å². The lowest BCUT2D eigenvalue weighted by Gasteiger charge is -2.06. The van der Waals surface area contributed by atoms with Gasteiger partial charge in [-0.2, -0.15) is 0 Å². The van der Waals surface area contributed by atoms with Gasteiger partial charge in [-0.15, -0.1) is 0 Å². The number of aryl methyl sites for hydroxylation is 2. The van der Waals surface area contributed by atoms with E-state index in [0.717, 1.165) is 11.4 Å². The summed E-state index contributed by atoms with van der Waals surface area (Å²) in [5, 5.41) is 3.14. The molecular formula is C20H20N2S. The van der Waals surface area contributed by atoms with Crippen LogP contribution in [0, 0.1) is 13.8 Å². The zero-order chi connectivity index (χ0) is 16.2. The molecule has 0 fully saturated rings. The fraction of sp³-hybridized carbons (Fsp3) is 0.150. The Kier molecular flexibility index (Phi) is 4.68. The first kappa shape index (κ1) is 15.6. The topological polar surface area (TPSA) is 38.4 Å². The second-order valence-corrected chi connectivity index (χ2v) is 6.64. The van der Waals surface area contributed by atoms with Crippen LogP contribution < -0.4 is 5.73 Å². The van der Waals surface area contributed by atoms with E-state index in [1.165, 1.54) is 27.5 Å². The SMILES string of the molecule is Cc1ccc(N=C(N)SCc2cccc3ccccc23)cc1C. The summed E-state index contributed by atoms with van der Waals surface area (Å²) in [7, 11) is 0. The lowest BCUT2D eigenvalue weighted by atomic mass is 10.1. The maximum Gasteiger partial charge on any atom is 0.159 e. The molecule has 2 N–H and O–H groups in total. The third kappa shape index (κ3) is 3.74. The summed E-state index contributed by atoms with van der Waals surface area (Å²) in [5.74, 6) is 0.821. The average Bonchev–Trinajstić information content (AvgIpc) is 2.56. The van der Waals surface area contributed by atoms with E-state index in [1.807, 2.05) is 6.07 Å². The van der Waals surface area contributed by atoms with Gasteiger partial charge in [0.15, 0.2) is 5.17 Å². The van der Waals surface area contributed by atoms with E-state index in [1.54, 1.807) is 11.8 Å². The van der Waals surface area contributed by atoms with E-state index >= 15 is 0 Å². The summed E-state index contributed by atoms with van der Waals surface area (Å²) in [4.78, 5) is 4.51. The Labute approximate surface area is 141 Å². The molecule has 2 nitrogen and oxygen atoms in total.